The number of pyridine rings is 1. The Morgan fingerprint density at radius 3 is 2.24 bits per heavy atom. The lowest BCUT2D eigenvalue weighted by atomic mass is 9.94. The summed E-state index contributed by atoms with van der Waals surface area (Å²) < 4.78 is 28.1. The topological polar surface area (TPSA) is 126 Å². The summed E-state index contributed by atoms with van der Waals surface area (Å²) in [7, 11) is 1.73. The summed E-state index contributed by atoms with van der Waals surface area (Å²) in [5.74, 6) is -0.876. The maximum atomic E-state index is 12.9. The van der Waals surface area contributed by atoms with Gasteiger partial charge in [-0.3, -0.25) is 19.4 Å². The number of likely N-dealkylation sites (tertiary alicyclic amines) is 1. The standard InChI is InChI=1S/C30H47N3O8/c1-30(2,3)41-27(35)11-14-37-16-17-38-18-19-40-24-9-7-23(8-10-24)39-15-13-32-29(36)25-20-26(34)33(4)28(25)22-6-5-12-31-21-22/h5-6,12,21,23-25,28H,7-11,13-20H2,1-4H3,(H,32,36)/t23-,24-,25-,28+/m0/s1. The molecule has 1 aromatic rings. The fraction of sp³-hybridized carbons (Fsp3) is 0.733. The molecule has 0 radical (unpaired) electrons. The highest BCUT2D eigenvalue weighted by Gasteiger charge is 2.42. The third-order valence-corrected chi connectivity index (χ3v) is 7.15. The molecule has 2 aliphatic rings. The lowest BCUT2D eigenvalue weighted by molar-refractivity contribution is -0.156. The highest BCUT2D eigenvalue weighted by molar-refractivity contribution is 5.90. The molecule has 0 unspecified atom stereocenters. The first-order valence-corrected chi connectivity index (χ1v) is 14.7. The molecule has 0 spiro atoms. The highest BCUT2D eigenvalue weighted by atomic mass is 16.6. The Kier molecular flexibility index (Phi) is 13.4. The number of nitrogens with one attached hydrogen (secondary N) is 1. The van der Waals surface area contributed by atoms with E-state index in [4.69, 9.17) is 23.7 Å². The van der Waals surface area contributed by atoms with Gasteiger partial charge in [-0.05, 0) is 58.1 Å². The van der Waals surface area contributed by atoms with E-state index in [9.17, 15) is 14.4 Å². The monoisotopic (exact) mass is 577 g/mol. The molecule has 1 aromatic heterocycles. The van der Waals surface area contributed by atoms with E-state index in [2.05, 4.69) is 10.3 Å². The van der Waals surface area contributed by atoms with Crippen molar-refractivity contribution in [1.82, 2.24) is 15.2 Å². The number of nitrogens with zero attached hydrogens (tertiary/aromatic N) is 2. The molecule has 3 rings (SSSR count). The van der Waals surface area contributed by atoms with Crippen molar-refractivity contribution >= 4 is 17.8 Å². The van der Waals surface area contributed by atoms with E-state index < -0.39 is 11.5 Å². The molecule has 2 heterocycles. The van der Waals surface area contributed by atoms with Gasteiger partial charge in [0.15, 0.2) is 0 Å². The van der Waals surface area contributed by atoms with Crippen molar-refractivity contribution in [2.75, 3.05) is 53.2 Å². The fourth-order valence-corrected chi connectivity index (χ4v) is 5.15. The van der Waals surface area contributed by atoms with E-state index >= 15 is 0 Å². The van der Waals surface area contributed by atoms with Crippen LogP contribution in [0.1, 0.15) is 70.9 Å². The first-order chi connectivity index (χ1) is 19.6. The van der Waals surface area contributed by atoms with E-state index in [1.807, 2.05) is 32.9 Å². The normalized spacial score (nSPS) is 23.0. The third kappa shape index (κ3) is 11.7. The van der Waals surface area contributed by atoms with E-state index in [-0.39, 0.29) is 48.9 Å². The van der Waals surface area contributed by atoms with Crippen LogP contribution in [-0.2, 0) is 38.1 Å². The minimum Gasteiger partial charge on any atom is -0.460 e. The van der Waals surface area contributed by atoms with E-state index in [0.717, 1.165) is 31.2 Å². The molecule has 230 valence electrons. The van der Waals surface area contributed by atoms with Crippen LogP contribution in [0, 0.1) is 5.92 Å². The van der Waals surface area contributed by atoms with Crippen LogP contribution in [0.25, 0.3) is 0 Å². The molecule has 1 saturated carbocycles. The van der Waals surface area contributed by atoms with Crippen LogP contribution in [0.5, 0.6) is 0 Å². The Morgan fingerprint density at radius 2 is 1.61 bits per heavy atom. The predicted molar refractivity (Wildman–Crippen MR) is 151 cm³/mol. The van der Waals surface area contributed by atoms with Gasteiger partial charge < -0.3 is 33.9 Å². The average molecular weight is 578 g/mol. The first-order valence-electron chi connectivity index (χ1n) is 14.7. The van der Waals surface area contributed by atoms with Gasteiger partial charge in [-0.1, -0.05) is 6.07 Å². The molecule has 0 bridgehead atoms. The lowest BCUT2D eigenvalue weighted by Gasteiger charge is -2.29. The molecule has 41 heavy (non-hydrogen) atoms. The number of esters is 1. The zero-order chi connectivity index (χ0) is 29.7. The highest BCUT2D eigenvalue weighted by Crippen LogP contribution is 2.36. The summed E-state index contributed by atoms with van der Waals surface area (Å²) in [5.41, 5.74) is 0.387. The Bertz CT molecular complexity index is 947. The molecule has 0 aromatic carbocycles. The number of amides is 2. The van der Waals surface area contributed by atoms with Crippen molar-refractivity contribution in [3.8, 4) is 0 Å². The summed E-state index contributed by atoms with van der Waals surface area (Å²) in [6.45, 7) is 8.58. The van der Waals surface area contributed by atoms with Crippen LogP contribution < -0.4 is 5.32 Å². The molecule has 1 saturated heterocycles. The zero-order valence-corrected chi connectivity index (χ0v) is 25.0. The second-order valence-electron chi connectivity index (χ2n) is 11.5. The maximum absolute atomic E-state index is 12.9. The average Bonchev–Trinajstić information content (AvgIpc) is 3.24. The molecule has 1 aliphatic carbocycles. The molecular weight excluding hydrogens is 530 g/mol. The van der Waals surface area contributed by atoms with E-state index in [1.54, 1.807) is 24.3 Å². The number of rotatable bonds is 16. The number of hydrogen-bond acceptors (Lipinski definition) is 9. The number of ether oxygens (including phenoxy) is 5. The second-order valence-corrected chi connectivity index (χ2v) is 11.5. The number of carbonyl (C=O) groups is 3. The molecular formula is C30H47N3O8. The van der Waals surface area contributed by atoms with Gasteiger partial charge in [-0.25, -0.2) is 0 Å². The van der Waals surface area contributed by atoms with Crippen molar-refractivity contribution in [1.29, 1.82) is 0 Å². The van der Waals surface area contributed by atoms with Crippen molar-refractivity contribution in [3.05, 3.63) is 30.1 Å². The predicted octanol–water partition coefficient (Wildman–Crippen LogP) is 2.83. The quantitative estimate of drug-likeness (QED) is 0.233. The molecule has 1 N–H and O–H groups in total. The number of hydrogen-bond donors (Lipinski definition) is 1. The fourth-order valence-electron chi connectivity index (χ4n) is 5.15. The second kappa shape index (κ2) is 16.7. The number of carbonyl (C=O) groups excluding carboxylic acids is 3. The SMILES string of the molecule is CN1C(=O)C[C@H](C(=O)NCCO[C@H]2CC[C@H](OCCOCCOCCC(=O)OC(C)(C)C)CC2)[C@H]1c1cccnc1. The third-order valence-electron chi connectivity index (χ3n) is 7.15. The molecule has 2 amide bonds. The van der Waals surface area contributed by atoms with Crippen molar-refractivity contribution in [3.63, 3.8) is 0 Å². The van der Waals surface area contributed by atoms with Crippen molar-refractivity contribution in [2.45, 2.75) is 83.1 Å². The Hall–Kier alpha value is -2.60. The van der Waals surface area contributed by atoms with Gasteiger partial charge in [0, 0.05) is 32.4 Å². The summed E-state index contributed by atoms with van der Waals surface area (Å²) in [4.78, 5) is 42.6. The Labute approximate surface area is 243 Å². The van der Waals surface area contributed by atoms with Gasteiger partial charge in [0.05, 0.1) is 70.2 Å². The summed E-state index contributed by atoms with van der Waals surface area (Å²) in [6, 6.07) is 3.41. The van der Waals surface area contributed by atoms with Gasteiger partial charge in [-0.15, -0.1) is 0 Å². The zero-order valence-electron chi connectivity index (χ0n) is 25.0. The molecule has 11 heteroatoms. The molecule has 11 nitrogen and oxygen atoms in total. The van der Waals surface area contributed by atoms with Crippen molar-refractivity contribution < 1.29 is 38.1 Å². The van der Waals surface area contributed by atoms with Gasteiger partial charge in [0.2, 0.25) is 11.8 Å². The van der Waals surface area contributed by atoms with Crippen LogP contribution in [0.2, 0.25) is 0 Å². The van der Waals surface area contributed by atoms with Crippen LogP contribution in [-0.4, -0.2) is 98.7 Å². The number of aromatic nitrogens is 1. The largest absolute Gasteiger partial charge is 0.460 e. The van der Waals surface area contributed by atoms with E-state index in [1.165, 1.54) is 0 Å². The first kappa shape index (κ1) is 32.9. The minimum atomic E-state index is -0.478. The minimum absolute atomic E-state index is 0.0399. The summed E-state index contributed by atoms with van der Waals surface area (Å²) in [5, 5.41) is 2.95. The smallest absolute Gasteiger partial charge is 0.308 e. The van der Waals surface area contributed by atoms with Crippen LogP contribution in [0.15, 0.2) is 24.5 Å². The molecule has 2 fully saturated rings. The Morgan fingerprint density at radius 1 is 0.976 bits per heavy atom. The van der Waals surface area contributed by atoms with Crippen LogP contribution in [0.3, 0.4) is 0 Å². The van der Waals surface area contributed by atoms with Crippen molar-refractivity contribution in [2.24, 2.45) is 5.92 Å². The Balaban J connectivity index is 1.18. The van der Waals surface area contributed by atoms with Gasteiger partial charge in [-0.2, -0.15) is 0 Å². The molecule has 1 aliphatic heterocycles. The van der Waals surface area contributed by atoms with Gasteiger partial charge in [0.1, 0.15) is 5.60 Å². The summed E-state index contributed by atoms with van der Waals surface area (Å²) >= 11 is 0. The van der Waals surface area contributed by atoms with Crippen LogP contribution >= 0.6 is 0 Å². The van der Waals surface area contributed by atoms with Crippen LogP contribution in [0.4, 0.5) is 0 Å². The summed E-state index contributed by atoms with van der Waals surface area (Å²) in [6.07, 6.45) is 7.85. The van der Waals surface area contributed by atoms with E-state index in [0.29, 0.717) is 46.2 Å². The lowest BCUT2D eigenvalue weighted by Crippen LogP contribution is -2.37. The van der Waals surface area contributed by atoms with Gasteiger partial charge >= 0.3 is 5.97 Å². The maximum Gasteiger partial charge on any atom is 0.308 e. The van der Waals surface area contributed by atoms with Gasteiger partial charge in [0.25, 0.3) is 0 Å². The molecule has 2 atom stereocenters.